The first kappa shape index (κ1) is 15.5. The SMILES string of the molecule is Cc1ccc(CCC(=O)Cc2c(C)cc(C)cc2C)cc1. The van der Waals surface area contributed by atoms with Crippen molar-refractivity contribution in [3.8, 4) is 0 Å². The van der Waals surface area contributed by atoms with Gasteiger partial charge in [-0.25, -0.2) is 0 Å². The highest BCUT2D eigenvalue weighted by molar-refractivity contribution is 5.81. The van der Waals surface area contributed by atoms with Gasteiger partial charge in [-0.1, -0.05) is 47.5 Å². The van der Waals surface area contributed by atoms with Crippen molar-refractivity contribution in [3.63, 3.8) is 0 Å². The molecule has 2 aromatic rings. The van der Waals surface area contributed by atoms with Gasteiger partial charge in [-0.3, -0.25) is 4.79 Å². The summed E-state index contributed by atoms with van der Waals surface area (Å²) in [7, 11) is 0. The van der Waals surface area contributed by atoms with Crippen LogP contribution in [0.25, 0.3) is 0 Å². The van der Waals surface area contributed by atoms with E-state index in [9.17, 15) is 4.79 Å². The Bertz CT molecular complexity index is 612. The quantitative estimate of drug-likeness (QED) is 0.778. The molecule has 0 saturated carbocycles. The maximum absolute atomic E-state index is 12.2. The van der Waals surface area contributed by atoms with Crippen LogP contribution in [0.5, 0.6) is 0 Å². The Kier molecular flexibility index (Phi) is 4.95. The number of hydrogen-bond acceptors (Lipinski definition) is 1. The molecule has 0 aliphatic heterocycles. The van der Waals surface area contributed by atoms with Gasteiger partial charge in [0.25, 0.3) is 0 Å². The first-order valence-electron chi connectivity index (χ1n) is 7.59. The van der Waals surface area contributed by atoms with Crippen LogP contribution in [0, 0.1) is 27.7 Å². The van der Waals surface area contributed by atoms with Gasteiger partial charge in [-0.15, -0.1) is 0 Å². The largest absolute Gasteiger partial charge is 0.299 e. The van der Waals surface area contributed by atoms with Crippen LogP contribution in [0.3, 0.4) is 0 Å². The average Bonchev–Trinajstić information content (AvgIpc) is 2.42. The summed E-state index contributed by atoms with van der Waals surface area (Å²) >= 11 is 0. The van der Waals surface area contributed by atoms with E-state index in [0.29, 0.717) is 18.6 Å². The Labute approximate surface area is 128 Å². The van der Waals surface area contributed by atoms with E-state index in [4.69, 9.17) is 0 Å². The molecule has 0 fully saturated rings. The molecule has 1 nitrogen and oxygen atoms in total. The molecule has 1 heteroatoms. The normalized spacial score (nSPS) is 10.7. The van der Waals surface area contributed by atoms with E-state index < -0.39 is 0 Å². The smallest absolute Gasteiger partial charge is 0.137 e. The number of carbonyl (C=O) groups is 1. The second-order valence-corrected chi connectivity index (χ2v) is 6.08. The highest BCUT2D eigenvalue weighted by Gasteiger charge is 2.09. The Hall–Kier alpha value is -1.89. The van der Waals surface area contributed by atoms with Crippen LogP contribution in [0.1, 0.15) is 39.8 Å². The van der Waals surface area contributed by atoms with E-state index in [2.05, 4.69) is 64.1 Å². The summed E-state index contributed by atoms with van der Waals surface area (Å²) in [5, 5.41) is 0. The van der Waals surface area contributed by atoms with E-state index in [1.807, 2.05) is 0 Å². The molecule has 0 spiro atoms. The summed E-state index contributed by atoms with van der Waals surface area (Å²) in [5.74, 6) is 0.325. The lowest BCUT2D eigenvalue weighted by Crippen LogP contribution is -2.07. The maximum atomic E-state index is 12.2. The number of benzene rings is 2. The molecule has 0 saturated heterocycles. The molecular formula is C20H24O. The average molecular weight is 280 g/mol. The van der Waals surface area contributed by atoms with Crippen molar-refractivity contribution < 1.29 is 4.79 Å². The molecule has 0 amide bonds. The number of rotatable bonds is 5. The van der Waals surface area contributed by atoms with Crippen LogP contribution in [0.4, 0.5) is 0 Å². The molecule has 0 aliphatic carbocycles. The van der Waals surface area contributed by atoms with Crippen molar-refractivity contribution in [1.82, 2.24) is 0 Å². The highest BCUT2D eigenvalue weighted by atomic mass is 16.1. The van der Waals surface area contributed by atoms with Crippen molar-refractivity contribution >= 4 is 5.78 Å². The first-order valence-corrected chi connectivity index (χ1v) is 7.59. The van der Waals surface area contributed by atoms with Gasteiger partial charge in [0, 0.05) is 12.8 Å². The summed E-state index contributed by atoms with van der Waals surface area (Å²) in [6, 6.07) is 12.8. The Morgan fingerprint density at radius 2 is 1.43 bits per heavy atom. The van der Waals surface area contributed by atoms with Gasteiger partial charge in [0.2, 0.25) is 0 Å². The summed E-state index contributed by atoms with van der Waals surface area (Å²) in [5.41, 5.74) is 7.44. The second kappa shape index (κ2) is 6.71. The fourth-order valence-corrected chi connectivity index (χ4v) is 2.81. The van der Waals surface area contributed by atoms with Crippen LogP contribution in [0.15, 0.2) is 36.4 Å². The molecule has 0 aliphatic rings. The van der Waals surface area contributed by atoms with Crippen LogP contribution >= 0.6 is 0 Å². The van der Waals surface area contributed by atoms with E-state index >= 15 is 0 Å². The van der Waals surface area contributed by atoms with Gasteiger partial charge >= 0.3 is 0 Å². The van der Waals surface area contributed by atoms with Crippen molar-refractivity contribution in [2.24, 2.45) is 0 Å². The number of carbonyl (C=O) groups excluding carboxylic acids is 1. The molecule has 0 bridgehead atoms. The molecule has 0 radical (unpaired) electrons. The van der Waals surface area contributed by atoms with E-state index in [1.54, 1.807) is 0 Å². The second-order valence-electron chi connectivity index (χ2n) is 6.08. The van der Waals surface area contributed by atoms with E-state index in [0.717, 1.165) is 6.42 Å². The lowest BCUT2D eigenvalue weighted by Gasteiger charge is -2.11. The fourth-order valence-electron chi connectivity index (χ4n) is 2.81. The van der Waals surface area contributed by atoms with Crippen LogP contribution in [0.2, 0.25) is 0 Å². The van der Waals surface area contributed by atoms with Crippen molar-refractivity contribution in [3.05, 3.63) is 69.8 Å². The highest BCUT2D eigenvalue weighted by Crippen LogP contribution is 2.18. The molecule has 0 N–H and O–H groups in total. The number of aryl methyl sites for hydroxylation is 5. The summed E-state index contributed by atoms with van der Waals surface area (Å²) in [6.07, 6.45) is 2.02. The monoisotopic (exact) mass is 280 g/mol. The zero-order valence-corrected chi connectivity index (χ0v) is 13.5. The summed E-state index contributed by atoms with van der Waals surface area (Å²) < 4.78 is 0. The van der Waals surface area contributed by atoms with Crippen LogP contribution in [-0.4, -0.2) is 5.78 Å². The summed E-state index contributed by atoms with van der Waals surface area (Å²) in [4.78, 5) is 12.2. The zero-order valence-electron chi connectivity index (χ0n) is 13.5. The Morgan fingerprint density at radius 1 is 0.857 bits per heavy atom. The minimum Gasteiger partial charge on any atom is -0.299 e. The van der Waals surface area contributed by atoms with E-state index in [-0.39, 0.29) is 0 Å². The van der Waals surface area contributed by atoms with Gasteiger partial charge in [0.15, 0.2) is 0 Å². The number of hydrogen-bond donors (Lipinski definition) is 0. The van der Waals surface area contributed by atoms with Crippen molar-refractivity contribution in [2.75, 3.05) is 0 Å². The fraction of sp³-hybridized carbons (Fsp3) is 0.350. The molecule has 0 heterocycles. The Balaban J connectivity index is 1.97. The molecular weight excluding hydrogens is 256 g/mol. The summed E-state index contributed by atoms with van der Waals surface area (Å²) in [6.45, 7) is 8.38. The van der Waals surface area contributed by atoms with Gasteiger partial charge in [0.05, 0.1) is 0 Å². The number of Topliss-reactive ketones (excluding diaryl/α,β-unsaturated/α-hetero) is 1. The van der Waals surface area contributed by atoms with Crippen LogP contribution in [-0.2, 0) is 17.6 Å². The lowest BCUT2D eigenvalue weighted by molar-refractivity contribution is -0.118. The minimum absolute atomic E-state index is 0.325. The molecule has 0 aromatic heterocycles. The van der Waals surface area contributed by atoms with Gasteiger partial charge in [-0.05, 0) is 56.4 Å². The molecule has 2 rings (SSSR count). The third-order valence-electron chi connectivity index (χ3n) is 4.03. The number of ketones is 1. The van der Waals surface area contributed by atoms with Gasteiger partial charge in [-0.2, -0.15) is 0 Å². The van der Waals surface area contributed by atoms with Crippen molar-refractivity contribution in [2.45, 2.75) is 47.0 Å². The Morgan fingerprint density at radius 3 is 2.00 bits per heavy atom. The predicted octanol–water partition coefficient (Wildman–Crippen LogP) is 4.66. The molecule has 0 unspecified atom stereocenters. The topological polar surface area (TPSA) is 17.1 Å². The first-order chi connectivity index (χ1) is 9.95. The van der Waals surface area contributed by atoms with Gasteiger partial charge in [0.1, 0.15) is 5.78 Å². The molecule has 21 heavy (non-hydrogen) atoms. The third-order valence-corrected chi connectivity index (χ3v) is 4.03. The van der Waals surface area contributed by atoms with E-state index in [1.165, 1.54) is 33.4 Å². The molecule has 0 atom stereocenters. The third kappa shape index (κ3) is 4.29. The van der Waals surface area contributed by atoms with Crippen molar-refractivity contribution in [1.29, 1.82) is 0 Å². The standard InChI is InChI=1S/C20H24O/c1-14-5-7-18(8-6-14)9-10-19(21)13-20-16(3)11-15(2)12-17(20)4/h5-8,11-12H,9-10,13H2,1-4H3. The maximum Gasteiger partial charge on any atom is 0.137 e. The molecule has 2 aromatic carbocycles. The van der Waals surface area contributed by atoms with Gasteiger partial charge < -0.3 is 0 Å². The van der Waals surface area contributed by atoms with Crippen LogP contribution < -0.4 is 0 Å². The molecule has 110 valence electrons. The zero-order chi connectivity index (χ0) is 15.4. The lowest BCUT2D eigenvalue weighted by atomic mass is 9.94. The minimum atomic E-state index is 0.325. The predicted molar refractivity (Wildman–Crippen MR) is 88.9 cm³/mol.